The van der Waals surface area contributed by atoms with E-state index in [-0.39, 0.29) is 0 Å². The van der Waals surface area contributed by atoms with E-state index >= 15 is 0 Å². The molecule has 106 valence electrons. The quantitative estimate of drug-likeness (QED) is 0.704. The van der Waals surface area contributed by atoms with E-state index in [4.69, 9.17) is 14.2 Å². The summed E-state index contributed by atoms with van der Waals surface area (Å²) < 4.78 is 16.6. The van der Waals surface area contributed by atoms with Crippen LogP contribution in [-0.2, 0) is 9.47 Å². The first-order chi connectivity index (χ1) is 9.34. The molecule has 19 heavy (non-hydrogen) atoms. The molecule has 0 unspecified atom stereocenters. The standard InChI is InChI=1S/C15H23NO3/c1-14-13-16(8-10-18-14)7-9-17-11-12-19-15-5-3-2-4-6-15/h2-6,14H,7-13H2,1H3/t14-/m1/s1. The maximum absolute atomic E-state index is 5.59. The summed E-state index contributed by atoms with van der Waals surface area (Å²) in [7, 11) is 0. The molecule has 2 rings (SSSR count). The lowest BCUT2D eigenvalue weighted by atomic mass is 10.3. The minimum absolute atomic E-state index is 0.343. The topological polar surface area (TPSA) is 30.9 Å². The third-order valence-corrected chi connectivity index (χ3v) is 3.12. The molecule has 4 heteroatoms. The number of ether oxygens (including phenoxy) is 3. The molecule has 0 saturated carbocycles. The first-order valence-corrected chi connectivity index (χ1v) is 6.94. The zero-order valence-corrected chi connectivity index (χ0v) is 11.6. The minimum Gasteiger partial charge on any atom is -0.491 e. The number of morpholine rings is 1. The predicted molar refractivity (Wildman–Crippen MR) is 74.6 cm³/mol. The highest BCUT2D eigenvalue weighted by Crippen LogP contribution is 2.07. The van der Waals surface area contributed by atoms with E-state index in [2.05, 4.69) is 11.8 Å². The lowest BCUT2D eigenvalue weighted by molar-refractivity contribution is -0.0280. The fourth-order valence-electron chi connectivity index (χ4n) is 2.12. The van der Waals surface area contributed by atoms with Gasteiger partial charge in [0, 0.05) is 19.6 Å². The van der Waals surface area contributed by atoms with Gasteiger partial charge in [0.1, 0.15) is 12.4 Å². The Labute approximate surface area is 115 Å². The van der Waals surface area contributed by atoms with Gasteiger partial charge < -0.3 is 14.2 Å². The van der Waals surface area contributed by atoms with Crippen LogP contribution in [0.1, 0.15) is 6.92 Å². The summed E-state index contributed by atoms with van der Waals surface area (Å²) in [6, 6.07) is 9.82. The monoisotopic (exact) mass is 265 g/mol. The van der Waals surface area contributed by atoms with Gasteiger partial charge in [0.15, 0.2) is 0 Å². The van der Waals surface area contributed by atoms with Gasteiger partial charge in [-0.3, -0.25) is 4.90 Å². The number of benzene rings is 1. The third kappa shape index (κ3) is 5.59. The smallest absolute Gasteiger partial charge is 0.119 e. The van der Waals surface area contributed by atoms with Gasteiger partial charge >= 0.3 is 0 Å². The van der Waals surface area contributed by atoms with E-state index in [0.29, 0.717) is 19.3 Å². The molecular weight excluding hydrogens is 242 g/mol. The molecule has 1 heterocycles. The van der Waals surface area contributed by atoms with E-state index < -0.39 is 0 Å². The van der Waals surface area contributed by atoms with Gasteiger partial charge in [-0.25, -0.2) is 0 Å². The molecule has 0 amide bonds. The Morgan fingerprint density at radius 2 is 2.05 bits per heavy atom. The van der Waals surface area contributed by atoms with Crippen LogP contribution in [0.15, 0.2) is 30.3 Å². The van der Waals surface area contributed by atoms with Crippen LogP contribution >= 0.6 is 0 Å². The molecule has 0 bridgehead atoms. The van der Waals surface area contributed by atoms with E-state index in [1.807, 2.05) is 30.3 Å². The van der Waals surface area contributed by atoms with E-state index in [1.165, 1.54) is 0 Å². The molecule has 1 aliphatic heterocycles. The van der Waals surface area contributed by atoms with Crippen LogP contribution in [-0.4, -0.2) is 57.1 Å². The van der Waals surface area contributed by atoms with Crippen LogP contribution in [0.2, 0.25) is 0 Å². The van der Waals surface area contributed by atoms with Crippen molar-refractivity contribution in [2.24, 2.45) is 0 Å². The molecule has 0 spiro atoms. The average molecular weight is 265 g/mol. The van der Waals surface area contributed by atoms with Crippen molar-refractivity contribution in [1.29, 1.82) is 0 Å². The van der Waals surface area contributed by atoms with Gasteiger partial charge in [-0.2, -0.15) is 0 Å². The highest BCUT2D eigenvalue weighted by molar-refractivity contribution is 5.20. The maximum Gasteiger partial charge on any atom is 0.119 e. The number of para-hydroxylation sites is 1. The Kier molecular flexibility index (Phi) is 6.14. The molecule has 1 atom stereocenters. The average Bonchev–Trinajstić information content (AvgIpc) is 2.44. The normalized spacial score (nSPS) is 20.4. The highest BCUT2D eigenvalue weighted by atomic mass is 16.5. The van der Waals surface area contributed by atoms with Crippen molar-refractivity contribution in [3.63, 3.8) is 0 Å². The summed E-state index contributed by atoms with van der Waals surface area (Å²) >= 11 is 0. The number of hydrogen-bond donors (Lipinski definition) is 0. The number of rotatable bonds is 7. The summed E-state index contributed by atoms with van der Waals surface area (Å²) in [6.45, 7) is 7.92. The summed E-state index contributed by atoms with van der Waals surface area (Å²) in [5.74, 6) is 0.896. The van der Waals surface area contributed by atoms with E-state index in [9.17, 15) is 0 Å². The second kappa shape index (κ2) is 8.15. The van der Waals surface area contributed by atoms with Crippen molar-refractivity contribution in [2.75, 3.05) is 46.1 Å². The van der Waals surface area contributed by atoms with E-state index in [1.54, 1.807) is 0 Å². The molecule has 0 aromatic heterocycles. The summed E-state index contributed by atoms with van der Waals surface area (Å²) in [5.41, 5.74) is 0. The first kappa shape index (κ1) is 14.3. The Balaban J connectivity index is 1.48. The lowest BCUT2D eigenvalue weighted by Gasteiger charge is -2.30. The van der Waals surface area contributed by atoms with Crippen LogP contribution in [0.5, 0.6) is 5.75 Å². The van der Waals surface area contributed by atoms with E-state index in [0.717, 1.165) is 38.6 Å². The SMILES string of the molecule is C[C@@H]1CN(CCOCCOc2ccccc2)CCO1. The Morgan fingerprint density at radius 3 is 2.84 bits per heavy atom. The van der Waals surface area contributed by atoms with Crippen molar-refractivity contribution >= 4 is 0 Å². The van der Waals surface area contributed by atoms with Crippen LogP contribution in [0.4, 0.5) is 0 Å². The summed E-state index contributed by atoms with van der Waals surface area (Å²) in [5, 5.41) is 0. The fraction of sp³-hybridized carbons (Fsp3) is 0.600. The molecule has 1 aliphatic rings. The number of hydrogen-bond acceptors (Lipinski definition) is 4. The van der Waals surface area contributed by atoms with Crippen molar-refractivity contribution in [2.45, 2.75) is 13.0 Å². The van der Waals surface area contributed by atoms with Crippen molar-refractivity contribution in [3.8, 4) is 5.75 Å². The van der Waals surface area contributed by atoms with Crippen molar-refractivity contribution in [3.05, 3.63) is 30.3 Å². The Hall–Kier alpha value is -1.10. The van der Waals surface area contributed by atoms with Crippen LogP contribution in [0, 0.1) is 0 Å². The summed E-state index contributed by atoms with van der Waals surface area (Å²) in [6.07, 6.45) is 0.343. The molecule has 1 fully saturated rings. The fourth-order valence-corrected chi connectivity index (χ4v) is 2.12. The van der Waals surface area contributed by atoms with Gasteiger partial charge in [0.25, 0.3) is 0 Å². The van der Waals surface area contributed by atoms with Crippen LogP contribution in [0.25, 0.3) is 0 Å². The van der Waals surface area contributed by atoms with Gasteiger partial charge in [0.05, 0.1) is 25.9 Å². The minimum atomic E-state index is 0.343. The zero-order chi connectivity index (χ0) is 13.3. The predicted octanol–water partition coefficient (Wildman–Crippen LogP) is 1.80. The largest absolute Gasteiger partial charge is 0.491 e. The molecule has 0 radical (unpaired) electrons. The Morgan fingerprint density at radius 1 is 1.21 bits per heavy atom. The molecule has 1 aromatic carbocycles. The third-order valence-electron chi connectivity index (χ3n) is 3.12. The van der Waals surface area contributed by atoms with Crippen molar-refractivity contribution < 1.29 is 14.2 Å². The molecular formula is C15H23NO3. The lowest BCUT2D eigenvalue weighted by Crippen LogP contribution is -2.42. The zero-order valence-electron chi connectivity index (χ0n) is 11.6. The second-order valence-electron chi connectivity index (χ2n) is 4.76. The Bertz CT molecular complexity index is 345. The first-order valence-electron chi connectivity index (χ1n) is 6.94. The van der Waals surface area contributed by atoms with Gasteiger partial charge in [-0.05, 0) is 19.1 Å². The van der Waals surface area contributed by atoms with Gasteiger partial charge in [-0.1, -0.05) is 18.2 Å². The molecule has 0 N–H and O–H groups in total. The molecule has 1 saturated heterocycles. The number of nitrogens with zero attached hydrogens (tertiary/aromatic N) is 1. The van der Waals surface area contributed by atoms with Gasteiger partial charge in [0.2, 0.25) is 0 Å². The second-order valence-corrected chi connectivity index (χ2v) is 4.76. The molecule has 4 nitrogen and oxygen atoms in total. The highest BCUT2D eigenvalue weighted by Gasteiger charge is 2.15. The van der Waals surface area contributed by atoms with Crippen molar-refractivity contribution in [1.82, 2.24) is 4.90 Å². The van der Waals surface area contributed by atoms with Crippen LogP contribution < -0.4 is 4.74 Å². The van der Waals surface area contributed by atoms with Gasteiger partial charge in [-0.15, -0.1) is 0 Å². The molecule has 1 aromatic rings. The molecule has 0 aliphatic carbocycles. The maximum atomic E-state index is 5.59. The summed E-state index contributed by atoms with van der Waals surface area (Å²) in [4.78, 5) is 2.38. The van der Waals surface area contributed by atoms with Crippen LogP contribution in [0.3, 0.4) is 0 Å².